The van der Waals surface area contributed by atoms with Crippen molar-refractivity contribution in [3.63, 3.8) is 0 Å². The second-order valence-corrected chi connectivity index (χ2v) is 9.01. The number of nitrogens with one attached hydrogen (secondary N) is 1. The molecule has 1 aromatic carbocycles. The second-order valence-electron chi connectivity index (χ2n) is 9.01. The Bertz CT molecular complexity index is 974. The molecule has 1 aliphatic carbocycles. The molecule has 4 rings (SSSR count). The molecule has 2 aliphatic rings. The van der Waals surface area contributed by atoms with Crippen LogP contribution in [0.5, 0.6) is 0 Å². The summed E-state index contributed by atoms with van der Waals surface area (Å²) in [4.78, 5) is 31.4. The fourth-order valence-corrected chi connectivity index (χ4v) is 4.81. The monoisotopic (exact) mass is 423 g/mol. The summed E-state index contributed by atoms with van der Waals surface area (Å²) >= 11 is 0. The molecule has 1 aliphatic heterocycles. The van der Waals surface area contributed by atoms with Crippen LogP contribution in [0.4, 0.5) is 4.79 Å². The summed E-state index contributed by atoms with van der Waals surface area (Å²) in [5, 5.41) is 3.06. The van der Waals surface area contributed by atoms with Crippen LogP contribution in [0.25, 0.3) is 11.5 Å². The predicted octanol–water partition coefficient (Wildman–Crippen LogP) is 4.56. The number of oxazole rings is 1. The largest absolute Gasteiger partial charge is 0.444 e. The van der Waals surface area contributed by atoms with Crippen molar-refractivity contribution in [3.05, 3.63) is 54.4 Å². The molecule has 1 atom stereocenters. The highest BCUT2D eigenvalue weighted by Crippen LogP contribution is 2.38. The average molecular weight is 424 g/mol. The van der Waals surface area contributed by atoms with Gasteiger partial charge >= 0.3 is 6.09 Å². The lowest BCUT2D eigenvalue weighted by Crippen LogP contribution is -2.50. The molecule has 0 spiro atoms. The summed E-state index contributed by atoms with van der Waals surface area (Å²) in [7, 11) is 0. The van der Waals surface area contributed by atoms with Crippen molar-refractivity contribution in [2.45, 2.75) is 70.2 Å². The minimum Gasteiger partial charge on any atom is -0.444 e. The van der Waals surface area contributed by atoms with Crippen molar-refractivity contribution in [2.24, 2.45) is 0 Å². The van der Waals surface area contributed by atoms with Gasteiger partial charge in [-0.15, -0.1) is 0 Å². The Hall–Kier alpha value is -3.09. The van der Waals surface area contributed by atoms with Gasteiger partial charge in [-0.05, 0) is 58.6 Å². The van der Waals surface area contributed by atoms with Gasteiger partial charge in [-0.1, -0.05) is 30.4 Å². The maximum Gasteiger partial charge on any atom is 0.411 e. The first-order valence-corrected chi connectivity index (χ1v) is 10.7. The normalized spacial score (nSPS) is 25.2. The Morgan fingerprint density at radius 1 is 1.19 bits per heavy atom. The van der Waals surface area contributed by atoms with Crippen LogP contribution in [0.1, 0.15) is 56.9 Å². The van der Waals surface area contributed by atoms with E-state index in [2.05, 4.69) is 16.9 Å². The molecule has 0 unspecified atom stereocenters. The van der Waals surface area contributed by atoms with Crippen molar-refractivity contribution in [1.29, 1.82) is 0 Å². The highest BCUT2D eigenvalue weighted by molar-refractivity contribution is 5.92. The number of ether oxygens (including phenoxy) is 1. The first kappa shape index (κ1) is 21.2. The van der Waals surface area contributed by atoms with Gasteiger partial charge in [0.05, 0.1) is 6.04 Å². The molecule has 7 nitrogen and oxygen atoms in total. The van der Waals surface area contributed by atoms with E-state index in [1.165, 1.54) is 6.26 Å². The summed E-state index contributed by atoms with van der Waals surface area (Å²) in [6, 6.07) is 9.47. The third kappa shape index (κ3) is 4.22. The minimum absolute atomic E-state index is 0.0375. The molecule has 1 aromatic heterocycles. The van der Waals surface area contributed by atoms with Gasteiger partial charge in [0.25, 0.3) is 5.91 Å². The molecule has 1 saturated heterocycles. The molecule has 7 heteroatoms. The summed E-state index contributed by atoms with van der Waals surface area (Å²) < 4.78 is 11.1. The van der Waals surface area contributed by atoms with Crippen LogP contribution in [0.2, 0.25) is 0 Å². The molecule has 164 valence electrons. The first-order chi connectivity index (χ1) is 14.8. The van der Waals surface area contributed by atoms with E-state index in [1.54, 1.807) is 0 Å². The van der Waals surface area contributed by atoms with Crippen LogP contribution in [-0.4, -0.2) is 45.6 Å². The number of benzene rings is 1. The molecule has 31 heavy (non-hydrogen) atoms. The van der Waals surface area contributed by atoms with E-state index < -0.39 is 5.60 Å². The number of rotatable bonds is 5. The Morgan fingerprint density at radius 3 is 2.52 bits per heavy atom. The number of aromatic nitrogens is 1. The van der Waals surface area contributed by atoms with Gasteiger partial charge in [0.2, 0.25) is 5.89 Å². The molecule has 1 N–H and O–H groups in total. The topological polar surface area (TPSA) is 84.7 Å². The molecular weight excluding hydrogens is 394 g/mol. The van der Waals surface area contributed by atoms with E-state index in [-0.39, 0.29) is 35.8 Å². The zero-order valence-electron chi connectivity index (χ0n) is 18.3. The summed E-state index contributed by atoms with van der Waals surface area (Å²) in [6.07, 6.45) is 4.28. The van der Waals surface area contributed by atoms with E-state index in [0.29, 0.717) is 5.89 Å². The van der Waals surface area contributed by atoms with Crippen molar-refractivity contribution < 1.29 is 18.7 Å². The zero-order chi connectivity index (χ0) is 22.2. The number of hydrogen-bond acceptors (Lipinski definition) is 5. The van der Waals surface area contributed by atoms with Gasteiger partial charge in [-0.25, -0.2) is 9.78 Å². The molecule has 2 fully saturated rings. The van der Waals surface area contributed by atoms with E-state index in [0.717, 1.165) is 36.8 Å². The van der Waals surface area contributed by atoms with Crippen LogP contribution in [0.15, 0.2) is 53.2 Å². The second kappa shape index (κ2) is 8.21. The number of carbonyl (C=O) groups is 2. The number of carbonyl (C=O) groups excluding carboxylic acids is 2. The van der Waals surface area contributed by atoms with E-state index in [1.807, 2.05) is 56.0 Å². The molecule has 0 radical (unpaired) electrons. The number of nitrogens with zero attached hydrogens (tertiary/aromatic N) is 2. The molecule has 1 saturated carbocycles. The third-order valence-electron chi connectivity index (χ3n) is 6.15. The van der Waals surface area contributed by atoms with Crippen LogP contribution in [0.3, 0.4) is 0 Å². The van der Waals surface area contributed by atoms with Gasteiger partial charge in [0, 0.05) is 17.6 Å². The maximum absolute atomic E-state index is 12.6. The van der Waals surface area contributed by atoms with Crippen LogP contribution in [0, 0.1) is 0 Å². The molecule has 2 aromatic rings. The molecule has 0 bridgehead atoms. The van der Waals surface area contributed by atoms with E-state index in [9.17, 15) is 9.59 Å². The fourth-order valence-electron chi connectivity index (χ4n) is 4.81. The quantitative estimate of drug-likeness (QED) is 0.713. The van der Waals surface area contributed by atoms with Crippen molar-refractivity contribution >= 4 is 12.0 Å². The van der Waals surface area contributed by atoms with Gasteiger partial charge < -0.3 is 14.5 Å². The lowest BCUT2D eigenvalue weighted by Gasteiger charge is -2.38. The highest BCUT2D eigenvalue weighted by Gasteiger charge is 2.50. The zero-order valence-corrected chi connectivity index (χ0v) is 18.3. The summed E-state index contributed by atoms with van der Waals surface area (Å²) in [5.74, 6) is 0.186. The van der Waals surface area contributed by atoms with Gasteiger partial charge in [-0.2, -0.15) is 0 Å². The predicted molar refractivity (Wildman–Crippen MR) is 116 cm³/mol. The standard InChI is InChI=1S/C24H29N3O4/c1-15(2)20-24(3,4)31-23(29)27(20)18-12-10-17(11-13-18)25-21(28)19-14-30-22(26-19)16-8-6-5-7-9-16/h5-9,14,17-18,20H,1,10-13H2,2-4H3,(H,25,28)/t17?,18?,20-/m0/s1. The lowest BCUT2D eigenvalue weighted by atomic mass is 9.86. The van der Waals surface area contributed by atoms with Crippen LogP contribution < -0.4 is 5.32 Å². The average Bonchev–Trinajstić information content (AvgIpc) is 3.31. The fraction of sp³-hybridized carbons (Fsp3) is 0.458. The number of amides is 2. The lowest BCUT2D eigenvalue weighted by molar-refractivity contribution is 0.0746. The van der Waals surface area contributed by atoms with Crippen molar-refractivity contribution in [3.8, 4) is 11.5 Å². The van der Waals surface area contributed by atoms with Crippen molar-refractivity contribution in [2.75, 3.05) is 0 Å². The third-order valence-corrected chi connectivity index (χ3v) is 6.15. The molecule has 2 amide bonds. The van der Waals surface area contributed by atoms with Crippen LogP contribution in [-0.2, 0) is 4.74 Å². The van der Waals surface area contributed by atoms with Gasteiger partial charge in [-0.3, -0.25) is 9.69 Å². The summed E-state index contributed by atoms with van der Waals surface area (Å²) in [5.41, 5.74) is 1.44. The first-order valence-electron chi connectivity index (χ1n) is 10.7. The van der Waals surface area contributed by atoms with E-state index in [4.69, 9.17) is 9.15 Å². The van der Waals surface area contributed by atoms with Crippen LogP contribution >= 0.6 is 0 Å². The Labute approximate surface area is 182 Å². The van der Waals surface area contributed by atoms with Gasteiger partial charge in [0.15, 0.2) is 5.69 Å². The maximum atomic E-state index is 12.6. The Balaban J connectivity index is 1.35. The van der Waals surface area contributed by atoms with Crippen molar-refractivity contribution in [1.82, 2.24) is 15.2 Å². The van der Waals surface area contributed by atoms with Gasteiger partial charge in [0.1, 0.15) is 11.9 Å². The number of cyclic esters (lactones) is 1. The SMILES string of the molecule is C=C(C)[C@@H]1N(C2CCC(NC(=O)c3coc(-c4ccccc4)n3)CC2)C(=O)OC1(C)C. The summed E-state index contributed by atoms with van der Waals surface area (Å²) in [6.45, 7) is 9.87. The number of hydrogen-bond donors (Lipinski definition) is 1. The Morgan fingerprint density at radius 2 is 1.87 bits per heavy atom. The highest BCUT2D eigenvalue weighted by atomic mass is 16.6. The Kier molecular flexibility index (Phi) is 5.60. The smallest absolute Gasteiger partial charge is 0.411 e. The minimum atomic E-state index is -0.586. The molecule has 2 heterocycles. The van der Waals surface area contributed by atoms with E-state index >= 15 is 0 Å². The molecular formula is C24H29N3O4.